The lowest BCUT2D eigenvalue weighted by atomic mass is 10.1. The van der Waals surface area contributed by atoms with Crippen LogP contribution in [0.5, 0.6) is 5.75 Å². The summed E-state index contributed by atoms with van der Waals surface area (Å²) >= 11 is 3.41. The number of nitrogens with one attached hydrogen (secondary N) is 2. The Morgan fingerprint density at radius 1 is 1.10 bits per heavy atom. The van der Waals surface area contributed by atoms with Gasteiger partial charge in [-0.2, -0.15) is 0 Å². The second-order valence-electron chi connectivity index (χ2n) is 10.5. The monoisotopic (exact) mass is 611 g/mol. The molecule has 0 saturated carbocycles. The predicted molar refractivity (Wildman–Crippen MR) is 154 cm³/mol. The van der Waals surface area contributed by atoms with Crippen LogP contribution in [0, 0.1) is 12.7 Å². The Kier molecular flexibility index (Phi) is 8.78. The molecule has 1 atom stereocenters. The molecule has 0 spiro atoms. The van der Waals surface area contributed by atoms with Gasteiger partial charge in [-0.25, -0.2) is 14.0 Å². The Balaban J connectivity index is 1.35. The Morgan fingerprint density at radius 3 is 2.58 bits per heavy atom. The van der Waals surface area contributed by atoms with E-state index in [-0.39, 0.29) is 18.3 Å². The Morgan fingerprint density at radius 2 is 1.88 bits per heavy atom. The first-order chi connectivity index (χ1) is 18.9. The highest BCUT2D eigenvalue weighted by molar-refractivity contribution is 9.10. The Bertz CT molecular complexity index is 1440. The molecule has 1 aliphatic rings. The number of nitrogens with zero attached hydrogens (tertiary/aromatic N) is 1. The molecular formula is C30H31BrFN3O5. The molecule has 3 aromatic rings. The predicted octanol–water partition coefficient (Wildman–Crippen LogP) is 6.36. The van der Waals surface area contributed by atoms with Crippen LogP contribution in [-0.4, -0.2) is 36.1 Å². The van der Waals surface area contributed by atoms with E-state index in [0.29, 0.717) is 45.7 Å². The number of carbonyl (C=O) groups excluding carboxylic acids is 3. The zero-order valence-corrected chi connectivity index (χ0v) is 24.3. The lowest BCUT2D eigenvalue weighted by molar-refractivity contribution is -0.118. The normalized spacial score (nSPS) is 15.1. The van der Waals surface area contributed by atoms with Gasteiger partial charge in [0.05, 0.1) is 5.56 Å². The van der Waals surface area contributed by atoms with Crippen LogP contribution in [0.3, 0.4) is 0 Å². The van der Waals surface area contributed by atoms with Crippen LogP contribution in [0.25, 0.3) is 0 Å². The van der Waals surface area contributed by atoms with Crippen molar-refractivity contribution in [1.29, 1.82) is 0 Å². The summed E-state index contributed by atoms with van der Waals surface area (Å²) in [4.78, 5) is 40.0. The van der Waals surface area contributed by atoms with E-state index < -0.39 is 23.6 Å². The number of hydrogen-bond donors (Lipinski definition) is 2. The van der Waals surface area contributed by atoms with Crippen LogP contribution in [0.2, 0.25) is 0 Å². The fourth-order valence-corrected chi connectivity index (χ4v) is 4.71. The second kappa shape index (κ2) is 12.1. The smallest absolute Gasteiger partial charge is 0.338 e. The van der Waals surface area contributed by atoms with Crippen molar-refractivity contribution < 1.29 is 28.2 Å². The van der Waals surface area contributed by atoms with Crippen molar-refractivity contribution in [2.75, 3.05) is 16.8 Å². The fourth-order valence-electron chi connectivity index (χ4n) is 4.23. The van der Waals surface area contributed by atoms with E-state index >= 15 is 0 Å². The first kappa shape index (κ1) is 29.1. The highest BCUT2D eigenvalue weighted by Crippen LogP contribution is 2.28. The molecule has 3 aromatic carbocycles. The number of amides is 3. The van der Waals surface area contributed by atoms with Gasteiger partial charge in [0.25, 0.3) is 0 Å². The van der Waals surface area contributed by atoms with Gasteiger partial charge in [-0.3, -0.25) is 4.79 Å². The van der Waals surface area contributed by atoms with Gasteiger partial charge in [-0.05, 0) is 93.8 Å². The van der Waals surface area contributed by atoms with Gasteiger partial charge in [0.15, 0.2) is 0 Å². The van der Waals surface area contributed by atoms with Gasteiger partial charge in [0, 0.05) is 22.4 Å². The van der Waals surface area contributed by atoms with Crippen molar-refractivity contribution in [3.05, 3.63) is 87.6 Å². The maximum atomic E-state index is 13.4. The molecule has 1 unspecified atom stereocenters. The quantitative estimate of drug-likeness (QED) is 0.303. The van der Waals surface area contributed by atoms with E-state index in [1.807, 2.05) is 6.92 Å². The fraction of sp³-hybridized carbons (Fsp3) is 0.300. The first-order valence-corrected chi connectivity index (χ1v) is 13.6. The van der Waals surface area contributed by atoms with Crippen LogP contribution in [0.4, 0.5) is 20.6 Å². The average molecular weight is 612 g/mol. The maximum Gasteiger partial charge on any atom is 0.338 e. The standard InChI is InChI=1S/C30H31BrFN3O5/c1-18-12-24(39-17-19-6-5-7-22(32)13-19)8-9-25(18)33-29(38)34-26-10-11-35(27(26)36)23-15-20(14-21(31)16-23)28(37)40-30(2,3)4/h5-9,12-16,26H,10-11,17H2,1-4H3,(H2,33,34,38). The number of carbonyl (C=O) groups is 3. The highest BCUT2D eigenvalue weighted by Gasteiger charge is 2.34. The van der Waals surface area contributed by atoms with Crippen molar-refractivity contribution >= 4 is 45.2 Å². The Hall–Kier alpha value is -3.92. The summed E-state index contributed by atoms with van der Waals surface area (Å²) in [5.74, 6) is -0.513. The van der Waals surface area contributed by atoms with Gasteiger partial charge in [-0.15, -0.1) is 0 Å². The second-order valence-corrected chi connectivity index (χ2v) is 11.4. The van der Waals surface area contributed by atoms with Crippen LogP contribution in [-0.2, 0) is 16.1 Å². The van der Waals surface area contributed by atoms with Crippen LogP contribution in [0.1, 0.15) is 48.7 Å². The van der Waals surface area contributed by atoms with Crippen LogP contribution >= 0.6 is 15.9 Å². The third kappa shape index (κ3) is 7.59. The molecule has 8 nitrogen and oxygen atoms in total. The molecule has 3 amide bonds. The van der Waals surface area contributed by atoms with E-state index in [1.165, 1.54) is 12.1 Å². The zero-order chi connectivity index (χ0) is 29.0. The zero-order valence-electron chi connectivity index (χ0n) is 22.7. The van der Waals surface area contributed by atoms with E-state index in [4.69, 9.17) is 9.47 Å². The molecule has 1 aliphatic heterocycles. The number of esters is 1. The number of rotatable bonds is 7. The lowest BCUT2D eigenvalue weighted by Gasteiger charge is -2.21. The average Bonchev–Trinajstić information content (AvgIpc) is 3.22. The number of ether oxygens (including phenoxy) is 2. The maximum absolute atomic E-state index is 13.4. The number of aryl methyl sites for hydroxylation is 1. The van der Waals surface area contributed by atoms with Gasteiger partial charge in [-0.1, -0.05) is 28.1 Å². The molecule has 0 radical (unpaired) electrons. The summed E-state index contributed by atoms with van der Waals surface area (Å²) < 4.78 is 25.2. The van der Waals surface area contributed by atoms with Crippen molar-refractivity contribution in [1.82, 2.24) is 5.32 Å². The molecule has 4 rings (SSSR count). The molecule has 2 N–H and O–H groups in total. The van der Waals surface area contributed by atoms with Crippen molar-refractivity contribution in [2.45, 2.75) is 52.4 Å². The topological polar surface area (TPSA) is 97.0 Å². The minimum atomic E-state index is -0.724. The third-order valence-electron chi connectivity index (χ3n) is 6.08. The molecule has 210 valence electrons. The summed E-state index contributed by atoms with van der Waals surface area (Å²) in [6.07, 6.45) is 0.409. The molecule has 1 fully saturated rings. The Labute approximate surface area is 241 Å². The summed E-state index contributed by atoms with van der Waals surface area (Å²) in [7, 11) is 0. The first-order valence-electron chi connectivity index (χ1n) is 12.8. The van der Waals surface area contributed by atoms with Gasteiger partial charge >= 0.3 is 12.0 Å². The minimum absolute atomic E-state index is 0.210. The van der Waals surface area contributed by atoms with E-state index in [1.54, 1.807) is 74.2 Å². The highest BCUT2D eigenvalue weighted by atomic mass is 79.9. The summed E-state index contributed by atoms with van der Waals surface area (Å²) in [6, 6.07) is 15.1. The van der Waals surface area contributed by atoms with Crippen LogP contribution in [0.15, 0.2) is 65.1 Å². The van der Waals surface area contributed by atoms with Crippen molar-refractivity contribution in [2.24, 2.45) is 0 Å². The SMILES string of the molecule is Cc1cc(OCc2cccc(F)c2)ccc1NC(=O)NC1CCN(c2cc(Br)cc(C(=O)OC(C)(C)C)c2)C1=O. The molecular weight excluding hydrogens is 581 g/mol. The number of hydrogen-bond acceptors (Lipinski definition) is 5. The molecule has 1 heterocycles. The van der Waals surface area contributed by atoms with E-state index in [0.717, 1.165) is 5.56 Å². The molecule has 40 heavy (non-hydrogen) atoms. The number of anilines is 2. The molecule has 10 heteroatoms. The summed E-state index contributed by atoms with van der Waals surface area (Å²) in [5, 5.41) is 5.52. The number of benzene rings is 3. The summed E-state index contributed by atoms with van der Waals surface area (Å²) in [5.41, 5.74) is 2.23. The molecule has 0 aliphatic carbocycles. The van der Waals surface area contributed by atoms with Crippen molar-refractivity contribution in [3.63, 3.8) is 0 Å². The molecule has 0 aromatic heterocycles. The minimum Gasteiger partial charge on any atom is -0.489 e. The van der Waals surface area contributed by atoms with Crippen molar-refractivity contribution in [3.8, 4) is 5.75 Å². The van der Waals surface area contributed by atoms with Gasteiger partial charge in [0.2, 0.25) is 5.91 Å². The summed E-state index contributed by atoms with van der Waals surface area (Å²) in [6.45, 7) is 7.77. The number of halogens is 2. The van der Waals surface area contributed by atoms with Gasteiger partial charge < -0.3 is 25.0 Å². The number of urea groups is 1. The van der Waals surface area contributed by atoms with E-state index in [9.17, 15) is 18.8 Å². The van der Waals surface area contributed by atoms with E-state index in [2.05, 4.69) is 26.6 Å². The van der Waals surface area contributed by atoms with Gasteiger partial charge in [0.1, 0.15) is 29.8 Å². The molecule has 1 saturated heterocycles. The molecule has 0 bridgehead atoms. The van der Waals surface area contributed by atoms with Crippen LogP contribution < -0.4 is 20.3 Å². The third-order valence-corrected chi connectivity index (χ3v) is 6.54. The lowest BCUT2D eigenvalue weighted by Crippen LogP contribution is -2.43. The largest absolute Gasteiger partial charge is 0.489 e.